The van der Waals surface area contributed by atoms with Crippen LogP contribution in [0.2, 0.25) is 0 Å². The van der Waals surface area contributed by atoms with Crippen molar-refractivity contribution in [1.29, 1.82) is 0 Å². The molecular weight excluding hydrogens is 348 g/mol. The minimum atomic E-state index is -0.466. The highest BCUT2D eigenvalue weighted by atomic mass is 16.6. The van der Waals surface area contributed by atoms with E-state index in [0.29, 0.717) is 35.7 Å². The SMILES string of the molecule is COCCOC(=O)c1c(C)[nH]c(C(=O)NCC2Cc3ccccc3O2)c1C. The van der Waals surface area contributed by atoms with E-state index < -0.39 is 5.97 Å². The van der Waals surface area contributed by atoms with Gasteiger partial charge in [-0.2, -0.15) is 0 Å². The highest BCUT2D eigenvalue weighted by Gasteiger charge is 2.26. The lowest BCUT2D eigenvalue weighted by Gasteiger charge is -2.12. The van der Waals surface area contributed by atoms with E-state index in [9.17, 15) is 9.59 Å². The van der Waals surface area contributed by atoms with Gasteiger partial charge in [0, 0.05) is 19.2 Å². The van der Waals surface area contributed by atoms with Crippen LogP contribution < -0.4 is 10.1 Å². The van der Waals surface area contributed by atoms with Gasteiger partial charge >= 0.3 is 5.97 Å². The number of aromatic nitrogens is 1. The molecule has 0 aliphatic carbocycles. The van der Waals surface area contributed by atoms with Crippen LogP contribution in [-0.2, 0) is 15.9 Å². The minimum absolute atomic E-state index is 0.0961. The van der Waals surface area contributed by atoms with Gasteiger partial charge in [-0.15, -0.1) is 0 Å². The lowest BCUT2D eigenvalue weighted by molar-refractivity contribution is 0.0387. The predicted octanol–water partition coefficient (Wildman–Crippen LogP) is 2.17. The number of amides is 1. The molecule has 1 aliphatic heterocycles. The number of benzene rings is 1. The zero-order valence-corrected chi connectivity index (χ0v) is 15.8. The van der Waals surface area contributed by atoms with E-state index in [1.54, 1.807) is 13.8 Å². The molecule has 0 fully saturated rings. The number of carbonyl (C=O) groups is 2. The van der Waals surface area contributed by atoms with E-state index in [4.69, 9.17) is 14.2 Å². The van der Waals surface area contributed by atoms with Gasteiger partial charge < -0.3 is 24.5 Å². The van der Waals surface area contributed by atoms with Crippen molar-refractivity contribution in [3.8, 4) is 5.75 Å². The van der Waals surface area contributed by atoms with Crippen molar-refractivity contribution in [2.75, 3.05) is 26.9 Å². The summed E-state index contributed by atoms with van der Waals surface area (Å²) in [6.45, 7) is 4.35. The number of fused-ring (bicyclic) bond motifs is 1. The summed E-state index contributed by atoms with van der Waals surface area (Å²) in [5.41, 5.74) is 3.07. The summed E-state index contributed by atoms with van der Waals surface area (Å²) in [6, 6.07) is 7.85. The molecule has 1 unspecified atom stereocenters. The van der Waals surface area contributed by atoms with Gasteiger partial charge in [-0.3, -0.25) is 4.79 Å². The molecule has 1 aromatic heterocycles. The molecule has 144 valence electrons. The Hall–Kier alpha value is -2.80. The average Bonchev–Trinajstić information content (AvgIpc) is 3.20. The molecule has 7 nitrogen and oxygen atoms in total. The zero-order chi connectivity index (χ0) is 19.4. The van der Waals surface area contributed by atoms with Crippen molar-refractivity contribution >= 4 is 11.9 Å². The largest absolute Gasteiger partial charge is 0.488 e. The Morgan fingerprint density at radius 1 is 1.26 bits per heavy atom. The lowest BCUT2D eigenvalue weighted by Crippen LogP contribution is -2.35. The number of methoxy groups -OCH3 is 1. The topological polar surface area (TPSA) is 89.7 Å². The molecule has 1 amide bonds. The number of hydrogen-bond donors (Lipinski definition) is 2. The van der Waals surface area contributed by atoms with E-state index in [1.165, 1.54) is 7.11 Å². The molecule has 2 aromatic rings. The molecule has 3 rings (SSSR count). The van der Waals surface area contributed by atoms with E-state index in [0.717, 1.165) is 17.7 Å². The lowest BCUT2D eigenvalue weighted by atomic mass is 10.1. The monoisotopic (exact) mass is 372 g/mol. The van der Waals surface area contributed by atoms with Gasteiger partial charge in [-0.25, -0.2) is 4.79 Å². The summed E-state index contributed by atoms with van der Waals surface area (Å²) in [5.74, 6) is 0.128. The highest BCUT2D eigenvalue weighted by Crippen LogP contribution is 2.27. The Bertz CT molecular complexity index is 818. The first-order valence-corrected chi connectivity index (χ1v) is 8.89. The van der Waals surface area contributed by atoms with Gasteiger partial charge in [0.05, 0.1) is 18.7 Å². The smallest absolute Gasteiger partial charge is 0.340 e. The van der Waals surface area contributed by atoms with Crippen LogP contribution in [0.5, 0.6) is 5.75 Å². The van der Waals surface area contributed by atoms with Crippen molar-refractivity contribution in [3.63, 3.8) is 0 Å². The first kappa shape index (κ1) is 19.0. The fraction of sp³-hybridized carbons (Fsp3) is 0.400. The molecule has 0 spiro atoms. The van der Waals surface area contributed by atoms with Gasteiger partial charge in [-0.05, 0) is 31.0 Å². The second-order valence-corrected chi connectivity index (χ2v) is 6.52. The number of hydrogen-bond acceptors (Lipinski definition) is 5. The molecule has 0 bridgehead atoms. The van der Waals surface area contributed by atoms with E-state index in [1.807, 2.05) is 24.3 Å². The van der Waals surface area contributed by atoms with Gasteiger partial charge in [0.25, 0.3) is 5.91 Å². The van der Waals surface area contributed by atoms with Gasteiger partial charge in [0.2, 0.25) is 0 Å². The fourth-order valence-corrected chi connectivity index (χ4v) is 3.24. The van der Waals surface area contributed by atoms with Crippen LogP contribution in [0.25, 0.3) is 0 Å². The Morgan fingerprint density at radius 2 is 2.04 bits per heavy atom. The molecule has 0 saturated carbocycles. The normalized spacial score (nSPS) is 15.1. The molecule has 0 saturated heterocycles. The summed E-state index contributed by atoms with van der Waals surface area (Å²) in [6.07, 6.45) is 0.664. The summed E-state index contributed by atoms with van der Waals surface area (Å²) < 4.78 is 15.9. The second kappa shape index (κ2) is 8.26. The third-order valence-corrected chi connectivity index (χ3v) is 4.59. The summed E-state index contributed by atoms with van der Waals surface area (Å²) in [7, 11) is 1.54. The number of para-hydroxylation sites is 1. The number of aromatic amines is 1. The number of esters is 1. The fourth-order valence-electron chi connectivity index (χ4n) is 3.24. The maximum absolute atomic E-state index is 12.6. The minimum Gasteiger partial charge on any atom is -0.488 e. The number of rotatable bonds is 7. The van der Waals surface area contributed by atoms with Gasteiger partial charge in [0.1, 0.15) is 24.2 Å². The first-order valence-electron chi connectivity index (χ1n) is 8.89. The van der Waals surface area contributed by atoms with Crippen molar-refractivity contribution in [2.45, 2.75) is 26.4 Å². The third kappa shape index (κ3) is 4.14. The highest BCUT2D eigenvalue weighted by molar-refractivity contribution is 6.00. The maximum atomic E-state index is 12.6. The predicted molar refractivity (Wildman–Crippen MR) is 99.3 cm³/mol. The van der Waals surface area contributed by atoms with Crippen LogP contribution >= 0.6 is 0 Å². The van der Waals surface area contributed by atoms with Gasteiger partial charge in [-0.1, -0.05) is 18.2 Å². The van der Waals surface area contributed by atoms with Crippen LogP contribution in [0.1, 0.15) is 37.7 Å². The number of aryl methyl sites for hydroxylation is 1. The van der Waals surface area contributed by atoms with Crippen LogP contribution in [-0.4, -0.2) is 49.8 Å². The quantitative estimate of drug-likeness (QED) is 0.574. The van der Waals surface area contributed by atoms with Crippen LogP contribution in [0.3, 0.4) is 0 Å². The van der Waals surface area contributed by atoms with E-state index in [-0.39, 0.29) is 18.6 Å². The van der Waals surface area contributed by atoms with E-state index >= 15 is 0 Å². The van der Waals surface area contributed by atoms with Crippen LogP contribution in [0, 0.1) is 13.8 Å². The van der Waals surface area contributed by atoms with Crippen molar-refractivity contribution in [2.24, 2.45) is 0 Å². The van der Waals surface area contributed by atoms with E-state index in [2.05, 4.69) is 10.3 Å². The Balaban J connectivity index is 1.61. The standard InChI is InChI=1S/C20H24N2O5/c1-12-17(20(24)26-9-8-25-3)13(2)22-18(12)19(23)21-11-15-10-14-6-4-5-7-16(14)27-15/h4-7,15,22H,8-11H2,1-3H3,(H,21,23). The molecule has 1 aromatic carbocycles. The van der Waals surface area contributed by atoms with Crippen molar-refractivity contribution in [3.05, 3.63) is 52.3 Å². The van der Waals surface area contributed by atoms with Crippen molar-refractivity contribution in [1.82, 2.24) is 10.3 Å². The summed E-state index contributed by atoms with van der Waals surface area (Å²) >= 11 is 0. The summed E-state index contributed by atoms with van der Waals surface area (Å²) in [4.78, 5) is 27.8. The average molecular weight is 372 g/mol. The molecular formula is C20H24N2O5. The number of H-pyrrole nitrogens is 1. The Labute approximate surface area is 158 Å². The molecule has 27 heavy (non-hydrogen) atoms. The zero-order valence-electron chi connectivity index (χ0n) is 15.8. The van der Waals surface area contributed by atoms with Crippen LogP contribution in [0.4, 0.5) is 0 Å². The van der Waals surface area contributed by atoms with Crippen molar-refractivity contribution < 1.29 is 23.8 Å². The first-order chi connectivity index (χ1) is 13.0. The second-order valence-electron chi connectivity index (χ2n) is 6.52. The molecule has 2 N–H and O–H groups in total. The number of nitrogens with one attached hydrogen (secondary N) is 2. The Morgan fingerprint density at radius 3 is 2.78 bits per heavy atom. The Kier molecular flexibility index (Phi) is 5.81. The number of carbonyl (C=O) groups excluding carboxylic acids is 2. The molecule has 1 atom stereocenters. The molecule has 2 heterocycles. The number of ether oxygens (including phenoxy) is 3. The summed E-state index contributed by atoms with van der Waals surface area (Å²) in [5, 5.41) is 2.88. The van der Waals surface area contributed by atoms with Crippen LogP contribution in [0.15, 0.2) is 24.3 Å². The maximum Gasteiger partial charge on any atom is 0.340 e. The molecule has 1 aliphatic rings. The molecule has 0 radical (unpaired) electrons. The molecule has 7 heteroatoms. The third-order valence-electron chi connectivity index (χ3n) is 4.59. The van der Waals surface area contributed by atoms with Gasteiger partial charge in [0.15, 0.2) is 0 Å².